The van der Waals surface area contributed by atoms with Gasteiger partial charge in [-0.25, -0.2) is 22.9 Å². The molecule has 13 heteroatoms. The van der Waals surface area contributed by atoms with E-state index in [1.807, 2.05) is 30.3 Å². The molecule has 0 aliphatic heterocycles. The van der Waals surface area contributed by atoms with Crippen molar-refractivity contribution in [2.75, 3.05) is 6.67 Å². The third kappa shape index (κ3) is 6.50. The summed E-state index contributed by atoms with van der Waals surface area (Å²) in [6.45, 7) is 2.68. The molecule has 0 fully saturated rings. The number of nitrogens with zero attached hydrogens (tertiary/aromatic N) is 5. The summed E-state index contributed by atoms with van der Waals surface area (Å²) in [6.07, 6.45) is -2.28. The Morgan fingerprint density at radius 3 is 2.49 bits per heavy atom. The average Bonchev–Trinajstić information content (AvgIpc) is 3.32. The molecule has 9 nitrogen and oxygen atoms in total. The third-order valence-corrected chi connectivity index (χ3v) is 6.86. The highest BCUT2D eigenvalue weighted by atomic mass is 35.5. The monoisotopic (exact) mass is 613 g/mol. The topological polar surface area (TPSA) is 93.3 Å². The van der Waals surface area contributed by atoms with Crippen molar-refractivity contribution in [3.05, 3.63) is 99.6 Å². The molecule has 2 aromatic carbocycles. The summed E-state index contributed by atoms with van der Waals surface area (Å²) in [7, 11) is 0. The molecular formula is C30H27ClF3N5O4. The molecule has 0 saturated carbocycles. The summed E-state index contributed by atoms with van der Waals surface area (Å²) in [4.78, 5) is 21.8. The predicted octanol–water partition coefficient (Wildman–Crippen LogP) is 6.45. The highest BCUT2D eigenvalue weighted by Gasteiger charge is 2.26. The van der Waals surface area contributed by atoms with Crippen LogP contribution in [-0.2, 0) is 24.5 Å². The summed E-state index contributed by atoms with van der Waals surface area (Å²) in [5, 5.41) is 5.29. The molecule has 0 aliphatic rings. The number of benzene rings is 2. The first kappa shape index (κ1) is 30.1. The number of halogens is 4. The Morgan fingerprint density at radius 1 is 1.02 bits per heavy atom. The molecule has 0 aliphatic carbocycles. The number of fused-ring (bicyclic) bond motifs is 1. The number of pyridine rings is 2. The largest absolute Gasteiger partial charge is 0.481 e. The molecule has 43 heavy (non-hydrogen) atoms. The summed E-state index contributed by atoms with van der Waals surface area (Å²) in [5.41, 5.74) is 1.13. The maximum Gasteiger partial charge on any atom is 0.350 e. The second-order valence-electron chi connectivity index (χ2n) is 9.45. The van der Waals surface area contributed by atoms with Crippen LogP contribution in [0, 0.1) is 6.92 Å². The van der Waals surface area contributed by atoms with Crippen LogP contribution in [0.4, 0.5) is 13.2 Å². The van der Waals surface area contributed by atoms with Crippen LogP contribution >= 0.6 is 11.6 Å². The number of aromatic nitrogens is 5. The van der Waals surface area contributed by atoms with Gasteiger partial charge in [0.2, 0.25) is 5.88 Å². The molecule has 1 unspecified atom stereocenters. The number of aryl methyl sites for hydroxylation is 1. The standard InChI is InChI=1S/C30H27ClF3N5O4/c1-3-38-25(17-41-16-19-7-5-4-6-8-19)37-39(30(38)40)21-13-20-9-11-36-29(43-27-18(2)35-12-10-22(27)31)26(20)23(14-21)42-24(15-32)28(33)34/h4-14,24,28H,3,15-17H2,1-2H3. The summed E-state index contributed by atoms with van der Waals surface area (Å²) >= 11 is 6.31. The maximum atomic E-state index is 13.6. The van der Waals surface area contributed by atoms with Gasteiger partial charge in [0.1, 0.15) is 19.0 Å². The van der Waals surface area contributed by atoms with E-state index in [1.165, 1.54) is 29.1 Å². The van der Waals surface area contributed by atoms with Gasteiger partial charge in [-0.05, 0) is 43.0 Å². The smallest absolute Gasteiger partial charge is 0.350 e. The van der Waals surface area contributed by atoms with Crippen LogP contribution in [0.15, 0.2) is 71.8 Å². The second-order valence-corrected chi connectivity index (χ2v) is 9.85. The molecule has 0 saturated heterocycles. The molecule has 0 bridgehead atoms. The number of alkyl halides is 3. The molecule has 1 atom stereocenters. The van der Waals surface area contributed by atoms with Crippen LogP contribution < -0.4 is 15.2 Å². The average molecular weight is 614 g/mol. The Balaban J connectivity index is 1.58. The maximum absolute atomic E-state index is 13.6. The predicted molar refractivity (Wildman–Crippen MR) is 154 cm³/mol. The van der Waals surface area contributed by atoms with E-state index in [-0.39, 0.29) is 40.1 Å². The first-order valence-corrected chi connectivity index (χ1v) is 13.7. The molecule has 0 radical (unpaired) electrons. The lowest BCUT2D eigenvalue weighted by Crippen LogP contribution is -2.28. The normalized spacial score (nSPS) is 12.2. The minimum atomic E-state index is -3.13. The molecular weight excluding hydrogens is 587 g/mol. The van der Waals surface area contributed by atoms with E-state index < -0.39 is 24.9 Å². The molecule has 3 heterocycles. The Hall–Kier alpha value is -4.42. The van der Waals surface area contributed by atoms with Gasteiger partial charge in [-0.3, -0.25) is 9.55 Å². The van der Waals surface area contributed by atoms with Crippen LogP contribution in [0.5, 0.6) is 17.4 Å². The zero-order chi connectivity index (χ0) is 30.5. The van der Waals surface area contributed by atoms with E-state index >= 15 is 0 Å². The van der Waals surface area contributed by atoms with Crippen LogP contribution in [0.25, 0.3) is 16.5 Å². The van der Waals surface area contributed by atoms with Gasteiger partial charge < -0.3 is 14.2 Å². The van der Waals surface area contributed by atoms with E-state index in [4.69, 9.17) is 25.8 Å². The molecule has 224 valence electrons. The van der Waals surface area contributed by atoms with Crippen molar-refractivity contribution in [1.82, 2.24) is 24.3 Å². The zero-order valence-corrected chi connectivity index (χ0v) is 24.0. The lowest BCUT2D eigenvalue weighted by atomic mass is 10.1. The van der Waals surface area contributed by atoms with Crippen LogP contribution in [-0.4, -0.2) is 43.5 Å². The molecule has 5 rings (SSSR count). The summed E-state index contributed by atoms with van der Waals surface area (Å²) in [6, 6.07) is 15.6. The highest BCUT2D eigenvalue weighted by Crippen LogP contribution is 2.39. The number of rotatable bonds is 12. The number of hydrogen-bond acceptors (Lipinski definition) is 7. The van der Waals surface area contributed by atoms with Crippen LogP contribution in [0.2, 0.25) is 5.02 Å². The highest BCUT2D eigenvalue weighted by molar-refractivity contribution is 6.32. The van der Waals surface area contributed by atoms with E-state index in [2.05, 4.69) is 15.1 Å². The van der Waals surface area contributed by atoms with Crippen molar-refractivity contribution in [1.29, 1.82) is 0 Å². The fraction of sp³-hybridized carbons (Fsp3) is 0.267. The quantitative estimate of drug-likeness (QED) is 0.160. The fourth-order valence-electron chi connectivity index (χ4n) is 4.44. The van der Waals surface area contributed by atoms with Gasteiger partial charge in [0.25, 0.3) is 6.43 Å². The molecule has 0 spiro atoms. The van der Waals surface area contributed by atoms with Crippen molar-refractivity contribution in [2.45, 2.75) is 46.1 Å². The Kier molecular flexibility index (Phi) is 9.27. The fourth-order valence-corrected chi connectivity index (χ4v) is 4.67. The van der Waals surface area contributed by atoms with Gasteiger partial charge in [0.15, 0.2) is 17.7 Å². The third-order valence-electron chi connectivity index (χ3n) is 6.56. The van der Waals surface area contributed by atoms with E-state index in [1.54, 1.807) is 26.0 Å². The second kappa shape index (κ2) is 13.3. The lowest BCUT2D eigenvalue weighted by Gasteiger charge is -2.19. The van der Waals surface area contributed by atoms with Gasteiger partial charge in [0, 0.05) is 25.0 Å². The van der Waals surface area contributed by atoms with Crippen molar-refractivity contribution >= 4 is 22.4 Å². The van der Waals surface area contributed by atoms with Gasteiger partial charge in [-0.2, -0.15) is 4.68 Å². The first-order chi connectivity index (χ1) is 20.8. The summed E-state index contributed by atoms with van der Waals surface area (Å²) < 4.78 is 60.7. The zero-order valence-electron chi connectivity index (χ0n) is 23.2. The molecule has 0 N–H and O–H groups in total. The van der Waals surface area contributed by atoms with E-state index in [9.17, 15) is 18.0 Å². The molecule has 0 amide bonds. The number of hydrogen-bond donors (Lipinski definition) is 0. The van der Waals surface area contributed by atoms with Gasteiger partial charge >= 0.3 is 5.69 Å². The van der Waals surface area contributed by atoms with Gasteiger partial charge in [0.05, 0.1) is 28.4 Å². The Morgan fingerprint density at radius 2 is 1.79 bits per heavy atom. The summed E-state index contributed by atoms with van der Waals surface area (Å²) in [5.74, 6) is 0.343. The van der Waals surface area contributed by atoms with Crippen molar-refractivity contribution < 1.29 is 27.4 Å². The van der Waals surface area contributed by atoms with Gasteiger partial charge in [-0.1, -0.05) is 41.9 Å². The van der Waals surface area contributed by atoms with Crippen LogP contribution in [0.3, 0.4) is 0 Å². The molecule has 3 aromatic heterocycles. The van der Waals surface area contributed by atoms with Crippen molar-refractivity contribution in [3.8, 4) is 23.1 Å². The van der Waals surface area contributed by atoms with E-state index in [0.717, 1.165) is 10.2 Å². The van der Waals surface area contributed by atoms with Crippen molar-refractivity contribution in [3.63, 3.8) is 0 Å². The lowest BCUT2D eigenvalue weighted by molar-refractivity contribution is -0.000431. The molecule has 5 aromatic rings. The Labute approximate surface area is 249 Å². The number of ether oxygens (including phenoxy) is 3. The SMILES string of the molecule is CCn1c(COCc2ccccc2)nn(-c2cc(OC(CF)C(F)F)c3c(Oc4c(Cl)ccnc4C)nccc3c2)c1=O. The minimum absolute atomic E-state index is 0.0367. The Bertz CT molecular complexity index is 1760. The van der Waals surface area contributed by atoms with Gasteiger partial charge in [-0.15, -0.1) is 5.10 Å². The minimum Gasteiger partial charge on any atom is -0.481 e. The van der Waals surface area contributed by atoms with E-state index in [0.29, 0.717) is 30.1 Å². The van der Waals surface area contributed by atoms with Crippen LogP contribution in [0.1, 0.15) is 24.0 Å². The first-order valence-electron chi connectivity index (χ1n) is 13.3. The van der Waals surface area contributed by atoms with Crippen molar-refractivity contribution in [2.24, 2.45) is 0 Å².